The van der Waals surface area contributed by atoms with Crippen LogP contribution < -0.4 is 5.32 Å². The second-order valence-electron chi connectivity index (χ2n) is 4.90. The van der Waals surface area contributed by atoms with Gasteiger partial charge in [-0.05, 0) is 31.0 Å². The number of hydrogen-bond acceptors (Lipinski definition) is 2. The van der Waals surface area contributed by atoms with Gasteiger partial charge in [0.1, 0.15) is 4.33 Å². The minimum Gasteiger partial charge on any atom is -0.478 e. The monoisotopic (exact) mass is 301 g/mol. The molecule has 2 N–H and O–H groups in total. The molecule has 1 saturated carbocycles. The van der Waals surface area contributed by atoms with Crippen molar-refractivity contribution < 1.29 is 14.7 Å². The molecule has 0 aliphatic heterocycles. The number of aromatic carboxylic acids is 1. The lowest BCUT2D eigenvalue weighted by Crippen LogP contribution is -2.32. The summed E-state index contributed by atoms with van der Waals surface area (Å²) in [6.45, 7) is 1.95. The quantitative estimate of drug-likeness (QED) is 0.840. The molecule has 1 atom stereocenters. The predicted molar refractivity (Wildman–Crippen MR) is 72.4 cm³/mol. The van der Waals surface area contributed by atoms with Crippen molar-refractivity contribution in [2.75, 3.05) is 0 Å². The third-order valence-corrected chi connectivity index (χ3v) is 4.49. The molecule has 0 saturated heterocycles. The van der Waals surface area contributed by atoms with Gasteiger partial charge in [-0.15, -0.1) is 23.2 Å². The topological polar surface area (TPSA) is 66.4 Å². The van der Waals surface area contributed by atoms with Crippen molar-refractivity contribution >= 4 is 35.1 Å². The summed E-state index contributed by atoms with van der Waals surface area (Å²) in [6, 6.07) is 6.40. The Morgan fingerprint density at radius 1 is 1.42 bits per heavy atom. The zero-order valence-electron chi connectivity index (χ0n) is 10.2. The van der Waals surface area contributed by atoms with Crippen LogP contribution in [0.1, 0.15) is 29.3 Å². The first-order chi connectivity index (χ1) is 8.76. The minimum absolute atomic E-state index is 0.188. The molecule has 1 aliphatic carbocycles. The van der Waals surface area contributed by atoms with Crippen LogP contribution in [0.15, 0.2) is 24.3 Å². The van der Waals surface area contributed by atoms with Gasteiger partial charge in [-0.25, -0.2) is 4.79 Å². The lowest BCUT2D eigenvalue weighted by atomic mass is 10.1. The molecule has 0 radical (unpaired) electrons. The first kappa shape index (κ1) is 14.2. The Kier molecular flexibility index (Phi) is 3.49. The van der Waals surface area contributed by atoms with Crippen LogP contribution in [0.4, 0.5) is 0 Å². The minimum atomic E-state index is -1.00. The van der Waals surface area contributed by atoms with E-state index in [1.54, 1.807) is 19.1 Å². The summed E-state index contributed by atoms with van der Waals surface area (Å²) in [5.41, 5.74) is 0.140. The van der Waals surface area contributed by atoms with Crippen molar-refractivity contribution in [3.63, 3.8) is 0 Å². The van der Waals surface area contributed by atoms with Gasteiger partial charge >= 0.3 is 5.97 Å². The van der Waals surface area contributed by atoms with Crippen LogP contribution in [0.25, 0.3) is 0 Å². The van der Waals surface area contributed by atoms with Crippen LogP contribution in [0.5, 0.6) is 0 Å². The van der Waals surface area contributed by atoms with Gasteiger partial charge in [-0.2, -0.15) is 0 Å². The molecule has 1 aromatic rings. The molecule has 1 aromatic carbocycles. The Morgan fingerprint density at radius 2 is 2.05 bits per heavy atom. The van der Waals surface area contributed by atoms with Crippen molar-refractivity contribution in [1.82, 2.24) is 5.32 Å². The summed E-state index contributed by atoms with van der Waals surface area (Å²) < 4.78 is -1.00. The number of halogens is 2. The van der Waals surface area contributed by atoms with Gasteiger partial charge in [0.2, 0.25) is 5.91 Å². The Hall–Kier alpha value is -1.26. The lowest BCUT2D eigenvalue weighted by molar-refractivity contribution is -0.125. The van der Waals surface area contributed by atoms with Gasteiger partial charge in [0, 0.05) is 6.54 Å². The molecule has 1 aliphatic rings. The average Bonchev–Trinajstić information content (AvgIpc) is 2.87. The molecule has 0 aromatic heterocycles. The van der Waals surface area contributed by atoms with Crippen molar-refractivity contribution in [2.24, 2.45) is 5.41 Å². The predicted octanol–water partition coefficient (Wildman–Crippen LogP) is 2.58. The second-order valence-corrected chi connectivity index (χ2v) is 6.39. The molecule has 0 spiro atoms. The van der Waals surface area contributed by atoms with Gasteiger partial charge < -0.3 is 10.4 Å². The standard InChI is InChI=1S/C13H13Cl2NO3/c1-12(7-13(12,14)15)11(19)16-6-8-3-2-4-9(5-8)10(17)18/h2-5H,6-7H2,1H3,(H,16,19)(H,17,18)/t12-/m1/s1. The van der Waals surface area contributed by atoms with E-state index in [2.05, 4.69) is 5.32 Å². The van der Waals surface area contributed by atoms with E-state index in [1.165, 1.54) is 12.1 Å². The summed E-state index contributed by atoms with van der Waals surface area (Å²) in [6.07, 6.45) is 0.421. The fourth-order valence-corrected chi connectivity index (χ4v) is 2.54. The Labute approximate surface area is 120 Å². The number of nitrogens with one attached hydrogen (secondary N) is 1. The highest BCUT2D eigenvalue weighted by atomic mass is 35.5. The maximum Gasteiger partial charge on any atom is 0.335 e. The summed E-state index contributed by atoms with van der Waals surface area (Å²) in [5.74, 6) is -1.22. The molecule has 1 fully saturated rings. The van der Waals surface area contributed by atoms with E-state index in [4.69, 9.17) is 28.3 Å². The van der Waals surface area contributed by atoms with Crippen molar-refractivity contribution in [3.8, 4) is 0 Å². The number of amides is 1. The van der Waals surface area contributed by atoms with Gasteiger partial charge in [0.05, 0.1) is 11.0 Å². The Bertz CT molecular complexity index is 544. The molecule has 2 rings (SSSR count). The third-order valence-electron chi connectivity index (χ3n) is 3.39. The normalized spacial score (nSPS) is 23.7. The zero-order chi connectivity index (χ0) is 14.3. The molecule has 0 unspecified atom stereocenters. The molecule has 0 heterocycles. The first-order valence-corrected chi connectivity index (χ1v) is 6.50. The first-order valence-electron chi connectivity index (χ1n) is 5.75. The van der Waals surface area contributed by atoms with Crippen LogP contribution in [-0.2, 0) is 11.3 Å². The van der Waals surface area contributed by atoms with Gasteiger partial charge in [-0.3, -0.25) is 4.79 Å². The SMILES string of the molecule is C[C@]1(C(=O)NCc2cccc(C(=O)O)c2)CC1(Cl)Cl. The van der Waals surface area contributed by atoms with E-state index in [9.17, 15) is 9.59 Å². The summed E-state index contributed by atoms with van der Waals surface area (Å²) >= 11 is 11.8. The smallest absolute Gasteiger partial charge is 0.335 e. The van der Waals surface area contributed by atoms with E-state index in [0.29, 0.717) is 12.0 Å². The molecular formula is C13H13Cl2NO3. The lowest BCUT2D eigenvalue weighted by Gasteiger charge is -2.12. The molecule has 6 heteroatoms. The van der Waals surface area contributed by atoms with Gasteiger partial charge in [0.15, 0.2) is 0 Å². The maximum absolute atomic E-state index is 11.9. The summed E-state index contributed by atoms with van der Waals surface area (Å²) in [4.78, 5) is 22.8. The Balaban J connectivity index is 1.98. The van der Waals surface area contributed by atoms with Gasteiger partial charge in [0.25, 0.3) is 0 Å². The number of hydrogen-bond donors (Lipinski definition) is 2. The van der Waals surface area contributed by atoms with Crippen molar-refractivity contribution in [3.05, 3.63) is 35.4 Å². The number of carbonyl (C=O) groups excluding carboxylic acids is 1. The van der Waals surface area contributed by atoms with E-state index < -0.39 is 15.7 Å². The van der Waals surface area contributed by atoms with Crippen LogP contribution in [0.3, 0.4) is 0 Å². The number of carboxylic acids is 1. The average molecular weight is 302 g/mol. The Morgan fingerprint density at radius 3 is 2.58 bits per heavy atom. The molecule has 102 valence electrons. The largest absolute Gasteiger partial charge is 0.478 e. The van der Waals surface area contributed by atoms with Crippen LogP contribution in [0.2, 0.25) is 0 Å². The van der Waals surface area contributed by atoms with Gasteiger partial charge in [-0.1, -0.05) is 12.1 Å². The highest BCUT2D eigenvalue weighted by molar-refractivity contribution is 6.53. The zero-order valence-corrected chi connectivity index (χ0v) is 11.8. The molecule has 0 bridgehead atoms. The second kappa shape index (κ2) is 4.69. The number of carbonyl (C=O) groups is 2. The van der Waals surface area contributed by atoms with Crippen molar-refractivity contribution in [1.29, 1.82) is 0 Å². The summed E-state index contributed by atoms with van der Waals surface area (Å²) in [7, 11) is 0. The number of benzene rings is 1. The van der Waals surface area contributed by atoms with E-state index in [-0.39, 0.29) is 18.0 Å². The molecular weight excluding hydrogens is 289 g/mol. The highest BCUT2D eigenvalue weighted by Gasteiger charge is 2.67. The maximum atomic E-state index is 11.9. The molecule has 1 amide bonds. The highest BCUT2D eigenvalue weighted by Crippen LogP contribution is 2.63. The molecule has 19 heavy (non-hydrogen) atoms. The van der Waals surface area contributed by atoms with Crippen molar-refractivity contribution in [2.45, 2.75) is 24.2 Å². The van der Waals surface area contributed by atoms with E-state index >= 15 is 0 Å². The third kappa shape index (κ3) is 2.69. The fourth-order valence-electron chi connectivity index (χ4n) is 1.84. The number of rotatable bonds is 4. The molecule has 4 nitrogen and oxygen atoms in total. The van der Waals surface area contributed by atoms with Crippen LogP contribution >= 0.6 is 23.2 Å². The summed E-state index contributed by atoms with van der Waals surface area (Å²) in [5, 5.41) is 11.6. The fraction of sp³-hybridized carbons (Fsp3) is 0.385. The number of alkyl halides is 2. The van der Waals surface area contributed by atoms with E-state index in [1.807, 2.05) is 0 Å². The van der Waals surface area contributed by atoms with Crippen LogP contribution in [-0.4, -0.2) is 21.3 Å². The van der Waals surface area contributed by atoms with Crippen LogP contribution in [0, 0.1) is 5.41 Å². The number of carboxylic acid groups (broad SMARTS) is 1. The van der Waals surface area contributed by atoms with E-state index in [0.717, 1.165) is 0 Å².